The van der Waals surface area contributed by atoms with Gasteiger partial charge >= 0.3 is 57.1 Å². The molecule has 0 unspecified atom stereocenters. The van der Waals surface area contributed by atoms with Crippen LogP contribution in [0.5, 0.6) is 0 Å². The number of carbonyl (C=O) groups is 7. The number of aliphatic carboxylic acids is 1. The number of alkyl halides is 3. The molecule has 136 heavy (non-hydrogen) atoms. The number of likely N-dealkylation sites (tertiary alicyclic amines) is 3. The third kappa shape index (κ3) is 39.4. The quantitative estimate of drug-likeness (QED) is 0.0225. The lowest BCUT2D eigenvalue weighted by Crippen LogP contribution is -2.57. The second-order valence-electron chi connectivity index (χ2n) is 39.8. The number of hydrogen-bond donors (Lipinski definition) is 7. The van der Waals surface area contributed by atoms with Crippen LogP contribution in [0.25, 0.3) is 11.0 Å². The molecule has 768 valence electrons. The van der Waals surface area contributed by atoms with Gasteiger partial charge in [-0.25, -0.2) is 58.0 Å². The maximum absolute atomic E-state index is 12.6. The number of hydrogen-bond acceptors (Lipinski definition) is 30. The summed E-state index contributed by atoms with van der Waals surface area (Å²) in [7, 11) is -11.4. The minimum absolute atomic E-state index is 0.00696. The van der Waals surface area contributed by atoms with E-state index in [1.165, 1.54) is 68.5 Å². The largest absolute Gasteiger partial charge is 0.542 e. The number of amides is 5. The molecule has 53 heteroatoms. The molecular weight excluding hydrogens is 1930 g/mol. The number of nitrogens with zero attached hydrogens (tertiary/aromatic N) is 15. The van der Waals surface area contributed by atoms with Gasteiger partial charge in [-0.2, -0.15) is 66.3 Å². The summed E-state index contributed by atoms with van der Waals surface area (Å²) in [5.74, 6) is -0.829. The molecule has 5 aromatic heterocycles. The van der Waals surface area contributed by atoms with E-state index in [0.29, 0.717) is 72.6 Å². The van der Waals surface area contributed by atoms with Gasteiger partial charge in [0.25, 0.3) is 20.4 Å². The Labute approximate surface area is 809 Å². The van der Waals surface area contributed by atoms with Crippen molar-refractivity contribution in [2.45, 2.75) is 246 Å². The van der Waals surface area contributed by atoms with Crippen LogP contribution in [0.4, 0.5) is 48.6 Å². The number of ether oxygens (including phenoxy) is 5. The van der Waals surface area contributed by atoms with Crippen molar-refractivity contribution in [2.24, 2.45) is 45.6 Å². The third-order valence-electron chi connectivity index (χ3n) is 20.5. The van der Waals surface area contributed by atoms with Crippen LogP contribution in [-0.4, -0.2) is 303 Å². The molecular formula is C83H134Cl3F3N22O21S4. The Bertz CT molecular complexity index is 5370. The molecule has 10 fully saturated rings. The summed E-state index contributed by atoms with van der Waals surface area (Å²) in [4.78, 5) is 94.4. The van der Waals surface area contributed by atoms with Crippen LogP contribution >= 0.6 is 34.8 Å². The van der Waals surface area contributed by atoms with Gasteiger partial charge in [-0.15, -0.1) is 8.42 Å². The number of carboxylic acid groups (broad SMARTS) is 1. The van der Waals surface area contributed by atoms with Crippen LogP contribution in [-0.2, 0) is 74.1 Å². The number of aldehydes is 1. The van der Waals surface area contributed by atoms with E-state index in [1.54, 1.807) is 99.3 Å². The maximum Gasteiger partial charge on any atom is 0.474 e. The Hall–Kier alpha value is -8.38. The summed E-state index contributed by atoms with van der Waals surface area (Å²) in [6, 6.07) is 8.42. The molecule has 0 aromatic carbocycles. The zero-order valence-corrected chi connectivity index (χ0v) is 85.9. The molecule has 5 saturated heterocycles. The van der Waals surface area contributed by atoms with Gasteiger partial charge < -0.3 is 79.2 Å². The van der Waals surface area contributed by atoms with Gasteiger partial charge in [-0.3, -0.25) is 0 Å². The van der Waals surface area contributed by atoms with Crippen molar-refractivity contribution in [1.82, 2.24) is 76.9 Å². The van der Waals surface area contributed by atoms with Crippen molar-refractivity contribution in [3.63, 3.8) is 0 Å². The van der Waals surface area contributed by atoms with E-state index in [0.717, 1.165) is 134 Å². The van der Waals surface area contributed by atoms with Crippen molar-refractivity contribution in [3.8, 4) is 0 Å². The zero-order chi connectivity index (χ0) is 102. The predicted molar refractivity (Wildman–Crippen MR) is 500 cm³/mol. The normalized spacial score (nSPS) is 17.8. The molecule has 5 saturated carbocycles. The molecule has 5 amide bonds. The van der Waals surface area contributed by atoms with Crippen LogP contribution in [0, 0.1) is 43.4 Å². The summed E-state index contributed by atoms with van der Waals surface area (Å²) >= 11 is 17.9. The number of rotatable bonds is 21. The molecule has 0 bridgehead atoms. The van der Waals surface area contributed by atoms with Gasteiger partial charge in [0.1, 0.15) is 74.3 Å². The average Bonchev–Trinajstić information content (AvgIpc) is 1.33. The number of nitrogens with two attached hydrogens (primary N) is 3. The number of nitrogens with one attached hydrogen (secondary N) is 4. The Morgan fingerprint density at radius 3 is 1.27 bits per heavy atom. The Balaban J connectivity index is 0.000000215. The first-order valence-corrected chi connectivity index (χ1v) is 51.3. The van der Waals surface area contributed by atoms with E-state index < -0.39 is 93.7 Å². The lowest BCUT2D eigenvalue weighted by molar-refractivity contribution is -0.512. The number of halogens is 6. The highest BCUT2D eigenvalue weighted by Gasteiger charge is 2.46. The van der Waals surface area contributed by atoms with Gasteiger partial charge in [0, 0.05) is 172 Å². The Morgan fingerprint density at radius 1 is 0.544 bits per heavy atom. The fourth-order valence-corrected chi connectivity index (χ4v) is 18.1. The van der Waals surface area contributed by atoms with Crippen molar-refractivity contribution >= 4 is 141 Å². The molecule has 10 heterocycles. The van der Waals surface area contributed by atoms with Crippen LogP contribution < -0.4 is 55.0 Å². The maximum atomic E-state index is 12.6. The average molecular weight is 2070 g/mol. The van der Waals surface area contributed by atoms with Gasteiger partial charge in [-0.1, -0.05) is 38.8 Å². The van der Waals surface area contributed by atoms with E-state index in [1.807, 2.05) is 89.9 Å². The second kappa shape index (κ2) is 47.3. The summed E-state index contributed by atoms with van der Waals surface area (Å²) in [5, 5.41) is 35.5. The molecule has 0 spiro atoms. The summed E-state index contributed by atoms with van der Waals surface area (Å²) in [6.07, 6.45) is 8.79. The van der Waals surface area contributed by atoms with Gasteiger partial charge in [0.05, 0.1) is 5.92 Å². The van der Waals surface area contributed by atoms with Gasteiger partial charge in [0.15, 0.2) is 23.4 Å². The minimum Gasteiger partial charge on any atom is -0.542 e. The molecule has 43 nitrogen and oxygen atoms in total. The number of aryl methyl sites for hydroxylation is 2. The van der Waals surface area contributed by atoms with Crippen molar-refractivity contribution < 1.29 is 113 Å². The van der Waals surface area contributed by atoms with Crippen LogP contribution in [0.2, 0.25) is 15.5 Å². The molecule has 15 rings (SSSR count). The molecule has 0 radical (unpaired) electrons. The first kappa shape index (κ1) is 115. The molecule has 10 N–H and O–H groups in total. The minimum atomic E-state index is -5.19. The fourth-order valence-electron chi connectivity index (χ4n) is 13.0. The Kier molecular flexibility index (Phi) is 39.8. The van der Waals surface area contributed by atoms with E-state index in [4.69, 9.17) is 84.4 Å². The topological polar surface area (TPSA) is 542 Å². The van der Waals surface area contributed by atoms with Crippen molar-refractivity contribution in [1.29, 1.82) is 0 Å². The van der Waals surface area contributed by atoms with Crippen LogP contribution in [0.15, 0.2) is 49.3 Å². The third-order valence-corrected chi connectivity index (χ3v) is 26.2. The first-order chi connectivity index (χ1) is 62.5. The number of aromatic nitrogens is 7. The van der Waals surface area contributed by atoms with E-state index in [-0.39, 0.29) is 60.2 Å². The van der Waals surface area contributed by atoms with Gasteiger partial charge in [-0.05, 0) is 211 Å². The molecule has 5 aromatic rings. The monoisotopic (exact) mass is 2060 g/mol. The highest BCUT2D eigenvalue weighted by atomic mass is 35.5. The molecule has 5 aliphatic heterocycles. The standard InChI is InChI=1S/C17H31N3O6S.C14H19ClN6O2S.C12H19N3O4S.C12H22N2O2.C9H15NO3.C7H5Cl2N3.C7H15N3O2S.C3H7N.C2HF3O2/c1-16(2,3)25-14(21)18-27(23,24)20(13-7-8-13)11-12-9-19(10-12)15(22)26-17(4,5)6;1-9-4-12(15)21-13(9)14(17-8-18-21)19-5-10(6-19)7-20(11-2-3-11)24(16,22)23;1-12(2,3)19-11(16)13-20(17,18)15-8-6-10(7-9-15)14(4)5;1-12(2,3)16-11(15)14-7-9(8-14)6-13-10-4-5-10;1-9(2,3)13-8(12)10-4-7(5-10)6-11;1-4-2-5(8)12-6(4)7(9)10-3-11-12;8-13(11,12)10(7-1-2-7)5-6-3-9-4-6;4-3-1-2-3;3-2(4,5)1(6)7/h12-13H,7-11H2,1-6H3,(H,18,21);4,8,10-11H,2-3,5-7H2,1H3,(H2,16,22,23);6-9H,1-5H3;9-10,13H,4-8H2,1-3H3;6-7H,4-5H2,1-3H3;2-3H,1H3;6-7,9H,1-5H2,(H2,8,11,12);3H,1-2,4H2;(H,6,7). The highest BCUT2D eigenvalue weighted by Crippen LogP contribution is 2.37. The Morgan fingerprint density at radius 2 is 0.912 bits per heavy atom. The summed E-state index contributed by atoms with van der Waals surface area (Å²) < 4.78 is 164. The number of carbonyl (C=O) groups excluding carboxylic acids is 7. The lowest BCUT2D eigenvalue weighted by Gasteiger charge is -2.42. The fraction of sp³-hybridized carbons (Fsp3) is 0.711. The number of pyridine rings is 1. The summed E-state index contributed by atoms with van der Waals surface area (Å²) in [6.45, 7) is 39.6. The van der Waals surface area contributed by atoms with Gasteiger partial charge in [0.2, 0.25) is 0 Å². The highest BCUT2D eigenvalue weighted by molar-refractivity contribution is 7.88. The van der Waals surface area contributed by atoms with Crippen LogP contribution in [0.3, 0.4) is 0 Å². The number of anilines is 2. The van der Waals surface area contributed by atoms with E-state index in [9.17, 15) is 75.6 Å². The summed E-state index contributed by atoms with van der Waals surface area (Å²) in [5.41, 5.74) is 6.77. The number of carboxylic acids is 1. The van der Waals surface area contributed by atoms with E-state index in [2.05, 4.69) is 35.7 Å². The SMILES string of the molecule is CC(C)(C)OC(=O)N1CC(C=O)C1.CC(C)(C)OC(=O)N1CC(CNC2CC2)C1.CC(C)(C)OC(=O)NS(=O)(=O)N(CC1CN(C(=O)OC(C)(C)C)C1)C1CC1.CN(C)c1cc[n+](S(=O)(=O)NC(=O)OC(C)(C)C)cc1.Cc1cc(Cl)n2ncnc(Cl)c12.Cc1cc(Cl)n2ncnc(N3CC(CN(C4CC4)S(N)(=O)=O)C3)c12.NC1CC1.NS(=O)(=O)N(CC1CNC1)C1CC1.O=C([O-])C(F)(F)F. The van der Waals surface area contributed by atoms with E-state index >= 15 is 0 Å². The lowest BCUT2D eigenvalue weighted by atomic mass is 10.00. The zero-order valence-electron chi connectivity index (χ0n) is 80.4. The molecule has 0 atom stereocenters. The predicted octanol–water partition coefficient (Wildman–Crippen LogP) is 6.82. The van der Waals surface area contributed by atoms with Crippen LogP contribution in [0.1, 0.15) is 179 Å². The molecule has 5 aliphatic carbocycles. The van der Waals surface area contributed by atoms with Crippen molar-refractivity contribution in [2.75, 3.05) is 116 Å². The number of fused-ring (bicyclic) bond motifs is 2. The smallest absolute Gasteiger partial charge is 0.474 e. The van der Waals surface area contributed by atoms with Crippen molar-refractivity contribution in [3.05, 3.63) is 75.9 Å². The first-order valence-electron chi connectivity index (χ1n) is 44.3. The second-order valence-corrected chi connectivity index (χ2v) is 47.2. The molecule has 10 aliphatic rings.